The van der Waals surface area contributed by atoms with Gasteiger partial charge in [-0.05, 0) is 24.1 Å². The number of nitrogen functional groups attached to an aromatic ring is 1. The molecule has 0 aromatic heterocycles. The Balaban J connectivity index is 2.06. The molecule has 0 bridgehead atoms. The van der Waals surface area contributed by atoms with Gasteiger partial charge in [-0.1, -0.05) is 13.8 Å². The molecule has 3 N–H and O–H groups in total. The van der Waals surface area contributed by atoms with Crippen molar-refractivity contribution >= 4 is 17.3 Å². The molecule has 0 radical (unpaired) electrons. The smallest absolute Gasteiger partial charge is 0.335 e. The summed E-state index contributed by atoms with van der Waals surface area (Å²) in [6.45, 7) is 9.32. The van der Waals surface area contributed by atoms with Gasteiger partial charge in [0.25, 0.3) is 0 Å². The van der Waals surface area contributed by atoms with Crippen molar-refractivity contribution in [2.45, 2.75) is 13.8 Å². The predicted octanol–water partition coefficient (Wildman–Crippen LogP) is 1.75. The van der Waals surface area contributed by atoms with Gasteiger partial charge in [0.15, 0.2) is 0 Å². The van der Waals surface area contributed by atoms with Crippen molar-refractivity contribution in [2.75, 3.05) is 43.4 Å². The third-order valence-corrected chi connectivity index (χ3v) is 3.61. The molecule has 1 aromatic rings. The van der Waals surface area contributed by atoms with Gasteiger partial charge in [0, 0.05) is 32.7 Å². The lowest BCUT2D eigenvalue weighted by Gasteiger charge is -2.37. The monoisotopic (exact) mass is 277 g/mol. The molecule has 0 spiro atoms. The third-order valence-electron chi connectivity index (χ3n) is 3.61. The first-order chi connectivity index (χ1) is 9.47. The molecule has 2 rings (SSSR count). The highest BCUT2D eigenvalue weighted by Gasteiger charge is 2.20. The zero-order valence-electron chi connectivity index (χ0n) is 12.2. The maximum absolute atomic E-state index is 11.1. The fraction of sp³-hybridized carbons (Fsp3) is 0.533. The Labute approximate surface area is 120 Å². The fourth-order valence-electron chi connectivity index (χ4n) is 2.64. The van der Waals surface area contributed by atoms with Crippen LogP contribution < -0.4 is 10.6 Å². The first-order valence-corrected chi connectivity index (χ1v) is 7.07. The summed E-state index contributed by atoms with van der Waals surface area (Å²) in [6.07, 6.45) is 0. The van der Waals surface area contributed by atoms with E-state index in [2.05, 4.69) is 23.6 Å². The Bertz CT molecular complexity index is 480. The maximum atomic E-state index is 11.1. The van der Waals surface area contributed by atoms with Gasteiger partial charge >= 0.3 is 5.97 Å². The molecule has 1 heterocycles. The summed E-state index contributed by atoms with van der Waals surface area (Å²) in [5.41, 5.74) is 7.77. The minimum Gasteiger partial charge on any atom is -0.478 e. The molecule has 1 saturated heterocycles. The van der Waals surface area contributed by atoms with Crippen LogP contribution in [0.5, 0.6) is 0 Å². The number of hydrogen-bond acceptors (Lipinski definition) is 4. The Morgan fingerprint density at radius 2 is 1.95 bits per heavy atom. The number of carbonyl (C=O) groups is 1. The van der Waals surface area contributed by atoms with Crippen LogP contribution in [0, 0.1) is 5.92 Å². The Hall–Kier alpha value is -1.75. The van der Waals surface area contributed by atoms with E-state index in [0.29, 0.717) is 17.2 Å². The minimum atomic E-state index is -0.912. The number of nitrogens with zero attached hydrogens (tertiary/aromatic N) is 2. The van der Waals surface area contributed by atoms with E-state index in [1.54, 1.807) is 18.2 Å². The van der Waals surface area contributed by atoms with Gasteiger partial charge in [-0.25, -0.2) is 4.79 Å². The zero-order valence-corrected chi connectivity index (χ0v) is 12.2. The molecule has 0 unspecified atom stereocenters. The van der Waals surface area contributed by atoms with Gasteiger partial charge in [0.05, 0.1) is 16.9 Å². The van der Waals surface area contributed by atoms with Gasteiger partial charge < -0.3 is 15.7 Å². The van der Waals surface area contributed by atoms with E-state index in [1.165, 1.54) is 0 Å². The van der Waals surface area contributed by atoms with Crippen molar-refractivity contribution in [1.29, 1.82) is 0 Å². The third kappa shape index (κ3) is 3.42. The summed E-state index contributed by atoms with van der Waals surface area (Å²) in [5, 5.41) is 9.07. The number of piperazine rings is 1. The van der Waals surface area contributed by atoms with E-state index >= 15 is 0 Å². The van der Waals surface area contributed by atoms with Gasteiger partial charge in [-0.15, -0.1) is 0 Å². The van der Waals surface area contributed by atoms with Crippen LogP contribution in [-0.2, 0) is 0 Å². The van der Waals surface area contributed by atoms with Crippen LogP contribution in [-0.4, -0.2) is 48.7 Å². The van der Waals surface area contributed by atoms with Crippen molar-refractivity contribution < 1.29 is 9.90 Å². The second kappa shape index (κ2) is 6.13. The molecular formula is C15H23N3O2. The standard InChI is InChI=1S/C15H23N3O2/c1-11(2)10-17-5-7-18(8-6-17)14-9-12(15(19)20)3-4-13(14)16/h3-4,9,11H,5-8,10,16H2,1-2H3,(H,19,20). The summed E-state index contributed by atoms with van der Waals surface area (Å²) in [6, 6.07) is 4.91. The topological polar surface area (TPSA) is 69.8 Å². The number of rotatable bonds is 4. The average molecular weight is 277 g/mol. The van der Waals surface area contributed by atoms with Crippen LogP contribution in [0.25, 0.3) is 0 Å². The Morgan fingerprint density at radius 1 is 1.30 bits per heavy atom. The number of benzene rings is 1. The Morgan fingerprint density at radius 3 is 2.50 bits per heavy atom. The number of carboxylic acids is 1. The van der Waals surface area contributed by atoms with E-state index in [1.807, 2.05) is 0 Å². The highest BCUT2D eigenvalue weighted by molar-refractivity contribution is 5.90. The van der Waals surface area contributed by atoms with E-state index < -0.39 is 5.97 Å². The fourth-order valence-corrected chi connectivity index (χ4v) is 2.64. The molecule has 1 aliphatic heterocycles. The van der Waals surface area contributed by atoms with Crippen molar-refractivity contribution in [3.05, 3.63) is 23.8 Å². The number of nitrogens with two attached hydrogens (primary N) is 1. The molecule has 0 aliphatic carbocycles. The van der Waals surface area contributed by atoms with Crippen molar-refractivity contribution in [2.24, 2.45) is 5.92 Å². The first kappa shape index (κ1) is 14.7. The van der Waals surface area contributed by atoms with Crippen LogP contribution in [0.4, 0.5) is 11.4 Å². The molecule has 0 saturated carbocycles. The highest BCUT2D eigenvalue weighted by atomic mass is 16.4. The lowest BCUT2D eigenvalue weighted by atomic mass is 10.1. The molecular weight excluding hydrogens is 254 g/mol. The second-order valence-electron chi connectivity index (χ2n) is 5.76. The second-order valence-corrected chi connectivity index (χ2v) is 5.76. The van der Waals surface area contributed by atoms with Crippen LogP contribution in [0.2, 0.25) is 0 Å². The van der Waals surface area contributed by atoms with Gasteiger partial charge in [0.1, 0.15) is 0 Å². The lowest BCUT2D eigenvalue weighted by Crippen LogP contribution is -2.47. The number of anilines is 2. The van der Waals surface area contributed by atoms with Crippen molar-refractivity contribution in [3.63, 3.8) is 0 Å². The first-order valence-electron chi connectivity index (χ1n) is 7.07. The van der Waals surface area contributed by atoms with E-state index in [-0.39, 0.29) is 0 Å². The normalized spacial score (nSPS) is 16.6. The number of carboxylic acid groups (broad SMARTS) is 1. The maximum Gasteiger partial charge on any atom is 0.335 e. The molecule has 0 amide bonds. The van der Waals surface area contributed by atoms with Gasteiger partial charge in [0.2, 0.25) is 0 Å². The van der Waals surface area contributed by atoms with Crippen molar-refractivity contribution in [3.8, 4) is 0 Å². The number of aromatic carboxylic acids is 1. The van der Waals surface area contributed by atoms with Crippen LogP contribution in [0.3, 0.4) is 0 Å². The molecule has 1 fully saturated rings. The Kier molecular flexibility index (Phi) is 4.49. The van der Waals surface area contributed by atoms with E-state index in [4.69, 9.17) is 10.8 Å². The molecule has 5 heteroatoms. The summed E-state index contributed by atoms with van der Waals surface area (Å²) >= 11 is 0. The summed E-state index contributed by atoms with van der Waals surface area (Å²) in [4.78, 5) is 15.7. The SMILES string of the molecule is CC(C)CN1CCN(c2cc(C(=O)O)ccc2N)CC1. The van der Waals surface area contributed by atoms with Gasteiger partial charge in [-0.2, -0.15) is 0 Å². The van der Waals surface area contributed by atoms with Crippen LogP contribution in [0.1, 0.15) is 24.2 Å². The molecule has 1 aromatic carbocycles. The minimum absolute atomic E-state index is 0.291. The molecule has 0 atom stereocenters. The lowest BCUT2D eigenvalue weighted by molar-refractivity contribution is 0.0697. The number of hydrogen-bond donors (Lipinski definition) is 2. The summed E-state index contributed by atoms with van der Waals surface area (Å²) in [5.74, 6) is -0.244. The summed E-state index contributed by atoms with van der Waals surface area (Å²) < 4.78 is 0. The van der Waals surface area contributed by atoms with Crippen LogP contribution in [0.15, 0.2) is 18.2 Å². The molecule has 1 aliphatic rings. The molecule has 5 nitrogen and oxygen atoms in total. The van der Waals surface area contributed by atoms with Crippen molar-refractivity contribution in [1.82, 2.24) is 4.90 Å². The average Bonchev–Trinajstić information content (AvgIpc) is 2.39. The highest BCUT2D eigenvalue weighted by Crippen LogP contribution is 2.26. The predicted molar refractivity (Wildman–Crippen MR) is 81.3 cm³/mol. The molecule has 110 valence electrons. The van der Waals surface area contributed by atoms with E-state index in [0.717, 1.165) is 38.4 Å². The molecule has 20 heavy (non-hydrogen) atoms. The summed E-state index contributed by atoms with van der Waals surface area (Å²) in [7, 11) is 0. The largest absolute Gasteiger partial charge is 0.478 e. The van der Waals surface area contributed by atoms with E-state index in [9.17, 15) is 4.79 Å². The zero-order chi connectivity index (χ0) is 14.7. The van der Waals surface area contributed by atoms with Gasteiger partial charge in [-0.3, -0.25) is 4.90 Å². The quantitative estimate of drug-likeness (QED) is 0.820. The van der Waals surface area contributed by atoms with Crippen LogP contribution >= 0.6 is 0 Å².